The lowest BCUT2D eigenvalue weighted by Gasteiger charge is -2.40. The maximum absolute atomic E-state index is 13.2. The topological polar surface area (TPSA) is 93.6 Å². The number of piperazine rings is 1. The van der Waals surface area contributed by atoms with E-state index in [-0.39, 0.29) is 29.8 Å². The van der Waals surface area contributed by atoms with Gasteiger partial charge in [0, 0.05) is 81.6 Å². The molecule has 9 heteroatoms. The van der Waals surface area contributed by atoms with Crippen molar-refractivity contribution in [2.75, 3.05) is 62.7 Å². The van der Waals surface area contributed by atoms with E-state index in [9.17, 15) is 19.5 Å². The molecule has 2 aliphatic carbocycles. The Labute approximate surface area is 329 Å². The molecule has 2 saturated heterocycles. The number of carbonyl (C=O) groups is 3. The molecule has 1 saturated carbocycles. The van der Waals surface area contributed by atoms with Gasteiger partial charge in [-0.3, -0.25) is 19.3 Å². The predicted octanol–water partition coefficient (Wildman–Crippen LogP) is 6.95. The van der Waals surface area contributed by atoms with Crippen LogP contribution in [0.3, 0.4) is 0 Å². The molecular weight excluding hydrogens is 701 g/mol. The van der Waals surface area contributed by atoms with Crippen LogP contribution in [0.4, 0.5) is 11.4 Å². The SMILES string of the molecule is COc1ccc([C@H]2CCc3cc(O)ccc3[C@H]2c2ccc(N3CCC(CN4CCN(c5ccc6c(c5)CN(C5CCC(=O)CC5=O)C6=O)CC4)CC3)cc2)cc1. The first kappa shape index (κ1) is 36.5. The van der Waals surface area contributed by atoms with Crippen molar-refractivity contribution < 1.29 is 24.2 Å². The number of hydrogen-bond donors (Lipinski definition) is 1. The molecular formula is C47H52N4O5. The minimum atomic E-state index is -0.478. The molecule has 0 aromatic heterocycles. The summed E-state index contributed by atoms with van der Waals surface area (Å²) in [4.78, 5) is 46.8. The number of ether oxygens (including phenoxy) is 1. The van der Waals surface area contributed by atoms with Crippen molar-refractivity contribution in [2.45, 2.75) is 69.4 Å². The van der Waals surface area contributed by atoms with Gasteiger partial charge in [0.15, 0.2) is 5.78 Å². The smallest absolute Gasteiger partial charge is 0.255 e. The summed E-state index contributed by atoms with van der Waals surface area (Å²) in [5, 5.41) is 10.3. The molecule has 290 valence electrons. The van der Waals surface area contributed by atoms with Crippen LogP contribution >= 0.6 is 0 Å². The maximum Gasteiger partial charge on any atom is 0.255 e. The van der Waals surface area contributed by atoms with E-state index in [1.165, 1.54) is 40.8 Å². The Kier molecular flexibility index (Phi) is 10.0. The van der Waals surface area contributed by atoms with Gasteiger partial charge in [0.05, 0.1) is 19.6 Å². The number of anilines is 2. The highest BCUT2D eigenvalue weighted by molar-refractivity contribution is 6.07. The summed E-state index contributed by atoms with van der Waals surface area (Å²) in [6, 6.07) is 29.4. The zero-order chi connectivity index (χ0) is 38.3. The lowest BCUT2D eigenvalue weighted by Crippen LogP contribution is -2.49. The molecule has 9 nitrogen and oxygen atoms in total. The van der Waals surface area contributed by atoms with Crippen molar-refractivity contribution in [1.29, 1.82) is 0 Å². The van der Waals surface area contributed by atoms with Gasteiger partial charge in [0.2, 0.25) is 0 Å². The summed E-state index contributed by atoms with van der Waals surface area (Å²) in [6.45, 7) is 7.67. The number of Topliss-reactive ketones (excluding diaryl/α,β-unsaturated/α-hetero) is 2. The molecule has 1 unspecified atom stereocenters. The first-order valence-corrected chi connectivity index (χ1v) is 20.6. The first-order chi connectivity index (χ1) is 27.3. The second-order valence-corrected chi connectivity index (χ2v) is 16.6. The highest BCUT2D eigenvalue weighted by Crippen LogP contribution is 2.47. The highest BCUT2D eigenvalue weighted by atomic mass is 16.5. The van der Waals surface area contributed by atoms with E-state index < -0.39 is 6.04 Å². The van der Waals surface area contributed by atoms with Crippen LogP contribution in [0.5, 0.6) is 11.5 Å². The van der Waals surface area contributed by atoms with Gasteiger partial charge >= 0.3 is 0 Å². The van der Waals surface area contributed by atoms with Crippen LogP contribution in [-0.4, -0.2) is 91.3 Å². The second-order valence-electron chi connectivity index (χ2n) is 16.6. The van der Waals surface area contributed by atoms with Gasteiger partial charge in [-0.15, -0.1) is 0 Å². The van der Waals surface area contributed by atoms with Crippen molar-refractivity contribution in [3.63, 3.8) is 0 Å². The van der Waals surface area contributed by atoms with E-state index in [4.69, 9.17) is 4.74 Å². The number of carbonyl (C=O) groups excluding carboxylic acids is 3. The summed E-state index contributed by atoms with van der Waals surface area (Å²) in [5.41, 5.74) is 9.32. The van der Waals surface area contributed by atoms with Crippen LogP contribution in [0.1, 0.15) is 88.5 Å². The van der Waals surface area contributed by atoms with E-state index in [1.807, 2.05) is 18.2 Å². The number of benzene rings is 4. The minimum absolute atomic E-state index is 0.0188. The molecule has 0 bridgehead atoms. The highest BCUT2D eigenvalue weighted by Gasteiger charge is 2.39. The van der Waals surface area contributed by atoms with Gasteiger partial charge < -0.3 is 24.5 Å². The largest absolute Gasteiger partial charge is 0.508 e. The number of methoxy groups -OCH3 is 1. The van der Waals surface area contributed by atoms with Crippen LogP contribution in [0.2, 0.25) is 0 Å². The van der Waals surface area contributed by atoms with Crippen molar-refractivity contribution in [2.24, 2.45) is 5.92 Å². The number of piperidine rings is 1. The molecule has 5 aliphatic rings. The Morgan fingerprint density at radius 2 is 1.41 bits per heavy atom. The van der Waals surface area contributed by atoms with Gasteiger partial charge in [-0.1, -0.05) is 30.3 Å². The zero-order valence-electron chi connectivity index (χ0n) is 32.4. The lowest BCUT2D eigenvalue weighted by atomic mass is 9.69. The fourth-order valence-electron chi connectivity index (χ4n) is 10.2. The molecule has 3 heterocycles. The van der Waals surface area contributed by atoms with Crippen molar-refractivity contribution in [3.05, 3.63) is 118 Å². The van der Waals surface area contributed by atoms with E-state index >= 15 is 0 Å². The summed E-state index contributed by atoms with van der Waals surface area (Å²) in [5.74, 6) is 2.24. The van der Waals surface area contributed by atoms with Gasteiger partial charge in [-0.25, -0.2) is 0 Å². The van der Waals surface area contributed by atoms with Crippen LogP contribution in [-0.2, 0) is 22.6 Å². The molecule has 3 aliphatic heterocycles. The molecule has 1 N–H and O–H groups in total. The van der Waals surface area contributed by atoms with Crippen molar-refractivity contribution >= 4 is 28.8 Å². The molecule has 56 heavy (non-hydrogen) atoms. The average Bonchev–Trinajstić information content (AvgIpc) is 3.55. The number of aromatic hydroxyl groups is 1. The molecule has 1 amide bonds. The third-order valence-electron chi connectivity index (χ3n) is 13.4. The number of fused-ring (bicyclic) bond motifs is 2. The molecule has 9 rings (SSSR count). The number of hydrogen-bond acceptors (Lipinski definition) is 8. The van der Waals surface area contributed by atoms with Crippen LogP contribution in [0.15, 0.2) is 84.9 Å². The normalized spacial score (nSPS) is 23.3. The number of nitrogens with zero attached hydrogens (tertiary/aromatic N) is 4. The molecule has 0 radical (unpaired) electrons. The van der Waals surface area contributed by atoms with Crippen molar-refractivity contribution in [1.82, 2.24) is 9.80 Å². The summed E-state index contributed by atoms with van der Waals surface area (Å²) < 4.78 is 5.45. The Morgan fingerprint density at radius 1 is 0.696 bits per heavy atom. The van der Waals surface area contributed by atoms with Gasteiger partial charge in [-0.2, -0.15) is 0 Å². The Hall–Kier alpha value is -5.15. The van der Waals surface area contributed by atoms with Crippen LogP contribution in [0, 0.1) is 5.92 Å². The lowest BCUT2D eigenvalue weighted by molar-refractivity contribution is -0.133. The number of aryl methyl sites for hydroxylation is 1. The third-order valence-corrected chi connectivity index (χ3v) is 13.4. The van der Waals surface area contributed by atoms with E-state index in [0.29, 0.717) is 42.5 Å². The summed E-state index contributed by atoms with van der Waals surface area (Å²) >= 11 is 0. The Bertz CT molecular complexity index is 2100. The van der Waals surface area contributed by atoms with Gasteiger partial charge in [-0.05, 0) is 126 Å². The Morgan fingerprint density at radius 3 is 2.14 bits per heavy atom. The van der Waals surface area contributed by atoms with E-state index in [0.717, 1.165) is 75.7 Å². The summed E-state index contributed by atoms with van der Waals surface area (Å²) in [7, 11) is 1.71. The average molecular weight is 753 g/mol. The van der Waals surface area contributed by atoms with Gasteiger partial charge in [0.25, 0.3) is 5.91 Å². The fourth-order valence-corrected chi connectivity index (χ4v) is 10.2. The van der Waals surface area contributed by atoms with Gasteiger partial charge in [0.1, 0.15) is 17.3 Å². The van der Waals surface area contributed by atoms with Crippen LogP contribution in [0.25, 0.3) is 0 Å². The number of amides is 1. The van der Waals surface area contributed by atoms with Crippen molar-refractivity contribution in [3.8, 4) is 11.5 Å². The second kappa shape index (κ2) is 15.4. The van der Waals surface area contributed by atoms with Crippen LogP contribution < -0.4 is 14.5 Å². The number of ketones is 2. The first-order valence-electron chi connectivity index (χ1n) is 20.6. The molecule has 4 aromatic rings. The maximum atomic E-state index is 13.2. The van der Waals surface area contributed by atoms with E-state index in [2.05, 4.69) is 81.4 Å². The van der Waals surface area contributed by atoms with E-state index in [1.54, 1.807) is 12.0 Å². The molecule has 3 atom stereocenters. The molecule has 4 aromatic carbocycles. The molecule has 0 spiro atoms. The quantitative estimate of drug-likeness (QED) is 0.194. The fraction of sp³-hybridized carbons (Fsp3) is 0.426. The monoisotopic (exact) mass is 752 g/mol. The number of rotatable bonds is 8. The number of phenols is 1. The summed E-state index contributed by atoms with van der Waals surface area (Å²) in [6.07, 6.45) is 5.12. The number of phenolic OH excluding ortho intramolecular Hbond substituents is 1. The molecule has 3 fully saturated rings. The third kappa shape index (κ3) is 7.18. The minimum Gasteiger partial charge on any atom is -0.508 e. The predicted molar refractivity (Wildman–Crippen MR) is 218 cm³/mol. The Balaban J connectivity index is 0.785. The standard InChI is InChI=1S/C47H52N4O5/c1-56-40-12-4-32(5-13-40)41-14-6-34-27-38(52)10-16-42(34)46(41)33-2-7-36(8-3-33)49-20-18-31(19-21-49)29-48-22-24-50(25-23-48)37-9-15-43-35(26-37)30-51(47(43)55)44-17-11-39(53)28-45(44)54/h2-5,7-10,12-13,15-16,26-27,31,41,44,46,52H,6,11,14,17-25,28-30H2,1H3/t41-,44?,46+/m1/s1. The zero-order valence-corrected chi connectivity index (χ0v) is 32.4.